The molecule has 1 aliphatic heterocycles. The summed E-state index contributed by atoms with van der Waals surface area (Å²) in [6.07, 6.45) is 2.35. The van der Waals surface area contributed by atoms with Crippen LogP contribution in [0.3, 0.4) is 0 Å². The first kappa shape index (κ1) is 10.9. The fraction of sp³-hybridized carbons (Fsp3) is 0.538. The minimum atomic E-state index is -0.538. The fourth-order valence-electron chi connectivity index (χ4n) is 2.21. The Kier molecular flexibility index (Phi) is 2.49. The zero-order chi connectivity index (χ0) is 11.9. The number of rotatable bonds is 4. The normalized spacial score (nSPS) is 19.4. The van der Waals surface area contributed by atoms with E-state index in [1.165, 1.54) is 0 Å². The minimum absolute atomic E-state index is 0.261. The molecular formula is C13H16O4. The van der Waals surface area contributed by atoms with Crippen molar-refractivity contribution in [3.8, 4) is 11.5 Å². The van der Waals surface area contributed by atoms with Gasteiger partial charge >= 0.3 is 0 Å². The lowest BCUT2D eigenvalue weighted by atomic mass is 9.99. The van der Waals surface area contributed by atoms with Crippen molar-refractivity contribution in [1.29, 1.82) is 0 Å². The van der Waals surface area contributed by atoms with E-state index in [4.69, 9.17) is 14.2 Å². The van der Waals surface area contributed by atoms with E-state index in [0.717, 1.165) is 35.5 Å². The topological polar surface area (TPSA) is 47.9 Å². The van der Waals surface area contributed by atoms with Gasteiger partial charge in [0.2, 0.25) is 6.79 Å². The largest absolute Gasteiger partial charge is 0.454 e. The fourth-order valence-corrected chi connectivity index (χ4v) is 2.21. The third-order valence-corrected chi connectivity index (χ3v) is 3.37. The molecule has 0 aromatic heterocycles. The van der Waals surface area contributed by atoms with Gasteiger partial charge in [-0.1, -0.05) is 6.07 Å². The second-order valence-electron chi connectivity index (χ2n) is 4.77. The summed E-state index contributed by atoms with van der Waals surface area (Å²) in [6, 6.07) is 3.88. The maximum atomic E-state index is 10.1. The summed E-state index contributed by atoms with van der Waals surface area (Å²) in [5.74, 6) is 1.55. The van der Waals surface area contributed by atoms with Crippen molar-refractivity contribution in [3.63, 3.8) is 0 Å². The van der Waals surface area contributed by atoms with Crippen LogP contribution in [0.2, 0.25) is 0 Å². The van der Waals surface area contributed by atoms with E-state index in [1.807, 2.05) is 12.1 Å². The highest BCUT2D eigenvalue weighted by Crippen LogP contribution is 2.45. The zero-order valence-electron chi connectivity index (χ0n) is 9.86. The minimum Gasteiger partial charge on any atom is -0.454 e. The van der Waals surface area contributed by atoms with Gasteiger partial charge in [0.15, 0.2) is 11.5 Å². The number of benzene rings is 1. The highest BCUT2D eigenvalue weighted by atomic mass is 16.7. The molecule has 4 heteroatoms. The molecule has 0 unspecified atom stereocenters. The van der Waals surface area contributed by atoms with Gasteiger partial charge < -0.3 is 19.3 Å². The van der Waals surface area contributed by atoms with Crippen LogP contribution < -0.4 is 9.47 Å². The van der Waals surface area contributed by atoms with Crippen molar-refractivity contribution in [2.24, 2.45) is 0 Å². The van der Waals surface area contributed by atoms with Gasteiger partial charge in [0, 0.05) is 19.1 Å². The summed E-state index contributed by atoms with van der Waals surface area (Å²) in [5, 5.41) is 10.1. The van der Waals surface area contributed by atoms with Gasteiger partial charge in [-0.2, -0.15) is 0 Å². The van der Waals surface area contributed by atoms with Gasteiger partial charge in [-0.25, -0.2) is 0 Å². The van der Waals surface area contributed by atoms with Crippen LogP contribution in [-0.2, 0) is 17.8 Å². The number of methoxy groups -OCH3 is 1. The van der Waals surface area contributed by atoms with E-state index >= 15 is 0 Å². The second-order valence-corrected chi connectivity index (χ2v) is 4.77. The van der Waals surface area contributed by atoms with E-state index in [0.29, 0.717) is 13.0 Å². The van der Waals surface area contributed by atoms with Gasteiger partial charge in [-0.3, -0.25) is 0 Å². The Balaban J connectivity index is 1.98. The lowest BCUT2D eigenvalue weighted by molar-refractivity contribution is 0.144. The van der Waals surface area contributed by atoms with Crippen molar-refractivity contribution >= 4 is 0 Å². The van der Waals surface area contributed by atoms with Gasteiger partial charge in [0.1, 0.15) is 0 Å². The van der Waals surface area contributed by atoms with Gasteiger partial charge in [0.25, 0.3) is 0 Å². The van der Waals surface area contributed by atoms with Crippen LogP contribution in [0.1, 0.15) is 24.0 Å². The quantitative estimate of drug-likeness (QED) is 0.863. The third-order valence-electron chi connectivity index (χ3n) is 3.37. The molecule has 3 rings (SSSR count). The molecule has 1 saturated carbocycles. The number of fused-ring (bicyclic) bond motifs is 1. The van der Waals surface area contributed by atoms with Gasteiger partial charge in [0.05, 0.1) is 12.2 Å². The lowest BCUT2D eigenvalue weighted by Gasteiger charge is -2.14. The monoisotopic (exact) mass is 236 g/mol. The third kappa shape index (κ3) is 1.98. The Hall–Kier alpha value is -1.26. The predicted octanol–water partition coefficient (Wildman–Crippen LogP) is 1.63. The van der Waals surface area contributed by atoms with Crippen LogP contribution in [0.25, 0.3) is 0 Å². The van der Waals surface area contributed by atoms with Crippen LogP contribution in [-0.4, -0.2) is 24.6 Å². The Morgan fingerprint density at radius 2 is 2.18 bits per heavy atom. The van der Waals surface area contributed by atoms with Crippen LogP contribution in [0.4, 0.5) is 0 Å². The standard InChI is InChI=1S/C13H16O4/c1-15-7-9-2-3-11-12(17-8-16-11)10(9)6-13(14)4-5-13/h2-3,14H,4-8H2,1H3. The second kappa shape index (κ2) is 3.89. The van der Waals surface area contributed by atoms with Crippen molar-refractivity contribution < 1.29 is 19.3 Å². The highest BCUT2D eigenvalue weighted by molar-refractivity contribution is 5.52. The Morgan fingerprint density at radius 1 is 1.35 bits per heavy atom. The number of ether oxygens (including phenoxy) is 3. The first-order valence-electron chi connectivity index (χ1n) is 5.83. The average Bonchev–Trinajstić information content (AvgIpc) is 2.86. The summed E-state index contributed by atoms with van der Waals surface area (Å²) < 4.78 is 16.0. The smallest absolute Gasteiger partial charge is 0.231 e. The number of hydrogen-bond donors (Lipinski definition) is 1. The Bertz CT molecular complexity index is 437. The molecule has 4 nitrogen and oxygen atoms in total. The summed E-state index contributed by atoms with van der Waals surface area (Å²) >= 11 is 0. The van der Waals surface area contributed by atoms with Crippen LogP contribution >= 0.6 is 0 Å². The van der Waals surface area contributed by atoms with Crippen LogP contribution in [0.15, 0.2) is 12.1 Å². The molecule has 0 saturated heterocycles. The Labute approximate surface area is 100 Å². The summed E-state index contributed by atoms with van der Waals surface area (Å²) in [5.41, 5.74) is 1.56. The summed E-state index contributed by atoms with van der Waals surface area (Å²) in [4.78, 5) is 0. The van der Waals surface area contributed by atoms with Crippen LogP contribution in [0, 0.1) is 0 Å². The maximum absolute atomic E-state index is 10.1. The molecule has 0 amide bonds. The number of aliphatic hydroxyl groups is 1. The molecule has 0 atom stereocenters. The van der Waals surface area contributed by atoms with E-state index < -0.39 is 5.60 Å². The van der Waals surface area contributed by atoms with Crippen molar-refractivity contribution in [2.75, 3.05) is 13.9 Å². The first-order chi connectivity index (χ1) is 8.22. The lowest BCUT2D eigenvalue weighted by Crippen LogP contribution is -2.13. The van der Waals surface area contributed by atoms with Crippen molar-refractivity contribution in [3.05, 3.63) is 23.3 Å². The van der Waals surface area contributed by atoms with E-state index in [-0.39, 0.29) is 6.79 Å². The number of hydrogen-bond acceptors (Lipinski definition) is 4. The van der Waals surface area contributed by atoms with Gasteiger partial charge in [-0.15, -0.1) is 0 Å². The molecule has 1 heterocycles. The summed E-state index contributed by atoms with van der Waals surface area (Å²) in [7, 11) is 1.67. The van der Waals surface area contributed by atoms with Crippen LogP contribution in [0.5, 0.6) is 11.5 Å². The van der Waals surface area contributed by atoms with Crippen molar-refractivity contribution in [2.45, 2.75) is 31.5 Å². The SMILES string of the molecule is COCc1ccc2c(c1CC1(O)CC1)OCO2. The molecule has 17 heavy (non-hydrogen) atoms. The Morgan fingerprint density at radius 3 is 2.88 bits per heavy atom. The highest BCUT2D eigenvalue weighted by Gasteiger charge is 2.42. The summed E-state index contributed by atoms with van der Waals surface area (Å²) in [6.45, 7) is 0.791. The van der Waals surface area contributed by atoms with Gasteiger partial charge in [-0.05, 0) is 24.5 Å². The molecule has 1 aromatic rings. The zero-order valence-corrected chi connectivity index (χ0v) is 9.86. The van der Waals surface area contributed by atoms with Crippen molar-refractivity contribution in [1.82, 2.24) is 0 Å². The molecule has 0 radical (unpaired) electrons. The molecule has 1 aromatic carbocycles. The average molecular weight is 236 g/mol. The van der Waals surface area contributed by atoms with E-state index in [9.17, 15) is 5.11 Å². The molecule has 0 spiro atoms. The molecule has 1 fully saturated rings. The predicted molar refractivity (Wildman–Crippen MR) is 61.2 cm³/mol. The molecule has 0 bridgehead atoms. The maximum Gasteiger partial charge on any atom is 0.231 e. The molecule has 92 valence electrons. The first-order valence-corrected chi connectivity index (χ1v) is 5.83. The molecule has 1 N–H and O–H groups in total. The molecule has 2 aliphatic rings. The molecule has 1 aliphatic carbocycles. The van der Waals surface area contributed by atoms with E-state index in [2.05, 4.69) is 0 Å². The van der Waals surface area contributed by atoms with E-state index in [1.54, 1.807) is 7.11 Å². The molecular weight excluding hydrogens is 220 g/mol.